The highest BCUT2D eigenvalue weighted by atomic mass is 19.4. The normalized spacial score (nSPS) is 29.7. The number of rotatable bonds is 9. The van der Waals surface area contributed by atoms with Crippen LogP contribution in [0.5, 0.6) is 0 Å². The van der Waals surface area contributed by atoms with E-state index in [9.17, 15) is 18.0 Å². The van der Waals surface area contributed by atoms with Gasteiger partial charge in [-0.3, -0.25) is 4.79 Å². The number of alkyl halides is 3. The molecule has 3 unspecified atom stereocenters. The molecule has 1 aliphatic heterocycles. The first-order valence-corrected chi connectivity index (χ1v) is 11.8. The lowest BCUT2D eigenvalue weighted by Crippen LogP contribution is -2.36. The van der Waals surface area contributed by atoms with Crippen LogP contribution in [0.2, 0.25) is 0 Å². The Labute approximate surface area is 179 Å². The van der Waals surface area contributed by atoms with Gasteiger partial charge in [0.25, 0.3) is 0 Å². The van der Waals surface area contributed by atoms with Crippen LogP contribution in [-0.2, 0) is 4.79 Å². The second-order valence-corrected chi connectivity index (χ2v) is 9.42. The van der Waals surface area contributed by atoms with Crippen molar-refractivity contribution in [2.45, 2.75) is 89.6 Å². The standard InChI is InChI=1S/C25H36F3NO/c1-2-15-24(21(18-29-23(24)30)14-17-25(26,27)28)16-8-12-20-11-6-7-13-22(20)19-9-4-3-5-10-19/h3-5,9-10,20-22H,2,6-8,11-18H2,1H3,(H,29,30)/t20-,21?,22?,24?/m1/s1. The van der Waals surface area contributed by atoms with Gasteiger partial charge in [0.1, 0.15) is 0 Å². The largest absolute Gasteiger partial charge is 0.389 e. The van der Waals surface area contributed by atoms with Gasteiger partial charge in [0, 0.05) is 13.0 Å². The van der Waals surface area contributed by atoms with E-state index >= 15 is 0 Å². The van der Waals surface area contributed by atoms with Crippen molar-refractivity contribution < 1.29 is 18.0 Å². The van der Waals surface area contributed by atoms with Crippen LogP contribution in [0.15, 0.2) is 30.3 Å². The van der Waals surface area contributed by atoms with Crippen LogP contribution >= 0.6 is 0 Å². The Morgan fingerprint density at radius 1 is 1.07 bits per heavy atom. The van der Waals surface area contributed by atoms with Gasteiger partial charge in [0.2, 0.25) is 5.91 Å². The topological polar surface area (TPSA) is 29.1 Å². The molecule has 1 saturated heterocycles. The Balaban J connectivity index is 1.65. The predicted molar refractivity (Wildman–Crippen MR) is 114 cm³/mol. The number of carbonyl (C=O) groups excluding carboxylic acids is 1. The molecular formula is C25H36F3NO. The quantitative estimate of drug-likeness (QED) is 0.455. The number of halogens is 3. The van der Waals surface area contributed by atoms with Gasteiger partial charge in [-0.25, -0.2) is 0 Å². The molecule has 0 radical (unpaired) electrons. The van der Waals surface area contributed by atoms with Gasteiger partial charge in [0.15, 0.2) is 0 Å². The third-order valence-electron chi connectivity index (χ3n) is 7.55. The van der Waals surface area contributed by atoms with Crippen LogP contribution in [0.4, 0.5) is 13.2 Å². The maximum Gasteiger partial charge on any atom is 0.389 e. The average Bonchev–Trinajstić information content (AvgIpc) is 3.03. The summed E-state index contributed by atoms with van der Waals surface area (Å²) in [7, 11) is 0. The predicted octanol–water partition coefficient (Wildman–Crippen LogP) is 7.01. The van der Waals surface area contributed by atoms with Crippen molar-refractivity contribution in [3.63, 3.8) is 0 Å². The fraction of sp³-hybridized carbons (Fsp3) is 0.720. The molecular weight excluding hydrogens is 387 g/mol. The molecule has 1 aromatic carbocycles. The summed E-state index contributed by atoms with van der Waals surface area (Å²) in [5.41, 5.74) is 0.795. The first-order chi connectivity index (χ1) is 14.4. The van der Waals surface area contributed by atoms with Crippen LogP contribution in [0.3, 0.4) is 0 Å². The maximum atomic E-state index is 12.8. The molecule has 1 amide bonds. The van der Waals surface area contributed by atoms with Gasteiger partial charge < -0.3 is 5.32 Å². The van der Waals surface area contributed by atoms with E-state index in [2.05, 4.69) is 35.6 Å². The molecule has 3 rings (SSSR count). The van der Waals surface area contributed by atoms with E-state index in [1.165, 1.54) is 31.2 Å². The maximum absolute atomic E-state index is 12.8. The van der Waals surface area contributed by atoms with Gasteiger partial charge in [-0.15, -0.1) is 0 Å². The van der Waals surface area contributed by atoms with Crippen molar-refractivity contribution in [3.05, 3.63) is 35.9 Å². The van der Waals surface area contributed by atoms with Gasteiger partial charge >= 0.3 is 6.18 Å². The highest BCUT2D eigenvalue weighted by molar-refractivity contribution is 5.85. The SMILES string of the molecule is CCCC1(CCC[C@H]2CCCCC2c2ccccc2)C(=O)NCC1CCC(F)(F)F. The zero-order valence-electron chi connectivity index (χ0n) is 18.1. The van der Waals surface area contributed by atoms with E-state index in [-0.39, 0.29) is 18.2 Å². The van der Waals surface area contributed by atoms with Crippen LogP contribution in [0, 0.1) is 17.3 Å². The highest BCUT2D eigenvalue weighted by Gasteiger charge is 2.49. The summed E-state index contributed by atoms with van der Waals surface area (Å²) in [5, 5.41) is 2.90. The molecule has 1 N–H and O–H groups in total. The van der Waals surface area contributed by atoms with Gasteiger partial charge in [-0.2, -0.15) is 13.2 Å². The molecule has 2 nitrogen and oxygen atoms in total. The summed E-state index contributed by atoms with van der Waals surface area (Å²) >= 11 is 0. The molecule has 1 heterocycles. The minimum Gasteiger partial charge on any atom is -0.355 e. The molecule has 2 fully saturated rings. The molecule has 1 aliphatic carbocycles. The van der Waals surface area contributed by atoms with Crippen molar-refractivity contribution in [1.82, 2.24) is 5.32 Å². The van der Waals surface area contributed by atoms with Crippen molar-refractivity contribution in [2.75, 3.05) is 6.54 Å². The Hall–Kier alpha value is -1.52. The number of nitrogens with one attached hydrogen (secondary N) is 1. The number of amides is 1. The Morgan fingerprint density at radius 2 is 1.80 bits per heavy atom. The summed E-state index contributed by atoms with van der Waals surface area (Å²) in [4.78, 5) is 12.8. The molecule has 4 atom stereocenters. The van der Waals surface area contributed by atoms with Crippen LogP contribution < -0.4 is 5.32 Å². The van der Waals surface area contributed by atoms with E-state index in [0.29, 0.717) is 31.2 Å². The monoisotopic (exact) mass is 423 g/mol. The fourth-order valence-corrected chi connectivity index (χ4v) is 6.07. The van der Waals surface area contributed by atoms with Crippen molar-refractivity contribution in [1.29, 1.82) is 0 Å². The Kier molecular flexibility index (Phi) is 7.86. The van der Waals surface area contributed by atoms with E-state index in [1.807, 2.05) is 6.92 Å². The number of carbonyl (C=O) groups is 1. The minimum atomic E-state index is -4.16. The number of hydrogen-bond acceptors (Lipinski definition) is 1. The molecule has 1 saturated carbocycles. The summed E-state index contributed by atoms with van der Waals surface area (Å²) in [5.74, 6) is 0.959. The smallest absolute Gasteiger partial charge is 0.355 e. The van der Waals surface area contributed by atoms with Crippen LogP contribution in [-0.4, -0.2) is 18.6 Å². The van der Waals surface area contributed by atoms with E-state index in [1.54, 1.807) is 0 Å². The third-order valence-corrected chi connectivity index (χ3v) is 7.55. The molecule has 0 aromatic heterocycles. The number of hydrogen-bond donors (Lipinski definition) is 1. The molecule has 0 bridgehead atoms. The molecule has 168 valence electrons. The second-order valence-electron chi connectivity index (χ2n) is 9.42. The minimum absolute atomic E-state index is 0.0141. The molecule has 30 heavy (non-hydrogen) atoms. The lowest BCUT2D eigenvalue weighted by Gasteiger charge is -2.35. The molecule has 5 heteroatoms. The van der Waals surface area contributed by atoms with Crippen molar-refractivity contribution in [2.24, 2.45) is 17.3 Å². The lowest BCUT2D eigenvalue weighted by atomic mass is 9.67. The van der Waals surface area contributed by atoms with E-state index in [4.69, 9.17) is 0 Å². The van der Waals surface area contributed by atoms with Crippen LogP contribution in [0.1, 0.15) is 89.0 Å². The van der Waals surface area contributed by atoms with Gasteiger partial charge in [-0.1, -0.05) is 62.9 Å². The molecule has 0 spiro atoms. The molecule has 2 aliphatic rings. The van der Waals surface area contributed by atoms with E-state index in [0.717, 1.165) is 19.3 Å². The lowest BCUT2D eigenvalue weighted by molar-refractivity contribution is -0.142. The average molecular weight is 424 g/mol. The van der Waals surface area contributed by atoms with Gasteiger partial charge in [-0.05, 0) is 61.8 Å². The zero-order valence-corrected chi connectivity index (χ0v) is 18.1. The fourth-order valence-electron chi connectivity index (χ4n) is 6.07. The summed E-state index contributed by atoms with van der Waals surface area (Å²) in [6, 6.07) is 10.7. The Bertz CT molecular complexity index is 675. The van der Waals surface area contributed by atoms with Crippen molar-refractivity contribution >= 4 is 5.91 Å². The molecule has 1 aromatic rings. The summed E-state index contributed by atoms with van der Waals surface area (Å²) in [6.45, 7) is 2.42. The van der Waals surface area contributed by atoms with Crippen molar-refractivity contribution in [3.8, 4) is 0 Å². The first kappa shape index (κ1) is 23.1. The Morgan fingerprint density at radius 3 is 2.50 bits per heavy atom. The van der Waals surface area contributed by atoms with Crippen LogP contribution in [0.25, 0.3) is 0 Å². The first-order valence-electron chi connectivity index (χ1n) is 11.8. The number of benzene rings is 1. The third kappa shape index (κ3) is 5.59. The second kappa shape index (κ2) is 10.2. The van der Waals surface area contributed by atoms with Gasteiger partial charge in [0.05, 0.1) is 5.41 Å². The summed E-state index contributed by atoms with van der Waals surface area (Å²) in [6.07, 6.45) is 4.25. The zero-order chi connectivity index (χ0) is 21.6. The highest BCUT2D eigenvalue weighted by Crippen LogP contribution is 2.47. The van der Waals surface area contributed by atoms with E-state index < -0.39 is 18.0 Å². The summed E-state index contributed by atoms with van der Waals surface area (Å²) < 4.78 is 38.5.